The van der Waals surface area contributed by atoms with Crippen molar-refractivity contribution in [3.05, 3.63) is 40.7 Å². The molecule has 3 rings (SSSR count). The highest BCUT2D eigenvalue weighted by Gasteiger charge is 2.48. The van der Waals surface area contributed by atoms with Gasteiger partial charge in [0.05, 0.1) is 9.23 Å². The summed E-state index contributed by atoms with van der Waals surface area (Å²) in [5, 5.41) is 9.62. The van der Waals surface area contributed by atoms with Gasteiger partial charge in [0, 0.05) is 21.9 Å². The number of sulfonamides is 1. The third kappa shape index (κ3) is 3.66. The molecule has 1 fully saturated rings. The molecule has 0 unspecified atom stereocenters. The first-order chi connectivity index (χ1) is 12.1. The van der Waals surface area contributed by atoms with Gasteiger partial charge in [0.2, 0.25) is 10.0 Å². The molecule has 5 nitrogen and oxygen atoms in total. The second kappa shape index (κ2) is 7.16. The summed E-state index contributed by atoms with van der Waals surface area (Å²) in [7, 11) is -3.90. The Morgan fingerprint density at radius 1 is 1.23 bits per heavy atom. The van der Waals surface area contributed by atoms with Gasteiger partial charge in [-0.3, -0.25) is 4.79 Å². The average Bonchev–Trinajstić information content (AvgIpc) is 3.00. The molecule has 0 bridgehead atoms. The van der Waals surface area contributed by atoms with E-state index >= 15 is 0 Å². The van der Waals surface area contributed by atoms with Gasteiger partial charge in [-0.15, -0.1) is 11.3 Å². The van der Waals surface area contributed by atoms with Crippen LogP contribution in [0, 0.1) is 0 Å². The highest BCUT2D eigenvalue weighted by Crippen LogP contribution is 2.38. The number of thiophene rings is 1. The van der Waals surface area contributed by atoms with E-state index < -0.39 is 26.8 Å². The van der Waals surface area contributed by atoms with E-state index in [4.69, 9.17) is 11.6 Å². The van der Waals surface area contributed by atoms with E-state index in [9.17, 15) is 18.3 Å². The van der Waals surface area contributed by atoms with Crippen molar-refractivity contribution in [1.29, 1.82) is 0 Å². The van der Waals surface area contributed by atoms with Crippen molar-refractivity contribution in [2.45, 2.75) is 29.5 Å². The molecule has 0 spiro atoms. The SMILES string of the molecule is CC1(C)SCCN(S(=O)(=O)c2ccc(-c3ccc(Cl)s3)cc2)[C@H]1C(=O)O. The van der Waals surface area contributed by atoms with E-state index in [0.29, 0.717) is 10.1 Å². The number of carbonyl (C=O) groups is 1. The Bertz CT molecular complexity index is 922. The van der Waals surface area contributed by atoms with E-state index in [2.05, 4.69) is 0 Å². The molecule has 1 aliphatic rings. The van der Waals surface area contributed by atoms with Crippen LogP contribution in [0.2, 0.25) is 4.34 Å². The lowest BCUT2D eigenvalue weighted by Gasteiger charge is -2.42. The predicted molar refractivity (Wildman–Crippen MR) is 107 cm³/mol. The highest BCUT2D eigenvalue weighted by molar-refractivity contribution is 8.00. The molecule has 1 saturated heterocycles. The summed E-state index contributed by atoms with van der Waals surface area (Å²) in [5.74, 6) is -0.572. The lowest BCUT2D eigenvalue weighted by atomic mass is 10.0. The van der Waals surface area contributed by atoms with Gasteiger partial charge in [-0.1, -0.05) is 23.7 Å². The molecule has 1 atom stereocenters. The smallest absolute Gasteiger partial charge is 0.323 e. The van der Waals surface area contributed by atoms with Crippen LogP contribution in [0.25, 0.3) is 10.4 Å². The maximum atomic E-state index is 13.1. The third-order valence-electron chi connectivity index (χ3n) is 4.28. The van der Waals surface area contributed by atoms with Gasteiger partial charge in [-0.2, -0.15) is 16.1 Å². The lowest BCUT2D eigenvalue weighted by molar-refractivity contribution is -0.142. The van der Waals surface area contributed by atoms with Gasteiger partial charge < -0.3 is 5.11 Å². The number of aliphatic carboxylic acids is 1. The average molecular weight is 432 g/mol. The molecule has 26 heavy (non-hydrogen) atoms. The van der Waals surface area contributed by atoms with Crippen LogP contribution in [0.1, 0.15) is 13.8 Å². The van der Waals surface area contributed by atoms with E-state index in [-0.39, 0.29) is 11.4 Å². The van der Waals surface area contributed by atoms with Gasteiger partial charge in [0.1, 0.15) is 6.04 Å². The fourth-order valence-corrected chi connectivity index (χ4v) is 7.17. The van der Waals surface area contributed by atoms with Crippen LogP contribution in [0.3, 0.4) is 0 Å². The van der Waals surface area contributed by atoms with Gasteiger partial charge in [0.25, 0.3) is 0 Å². The molecule has 0 radical (unpaired) electrons. The van der Waals surface area contributed by atoms with Crippen LogP contribution in [-0.2, 0) is 14.8 Å². The Morgan fingerprint density at radius 3 is 2.42 bits per heavy atom. The summed E-state index contributed by atoms with van der Waals surface area (Å²) in [6.45, 7) is 3.71. The first-order valence-electron chi connectivity index (χ1n) is 7.87. The normalized spacial score (nSPS) is 20.8. The monoisotopic (exact) mass is 431 g/mol. The van der Waals surface area contributed by atoms with Crippen molar-refractivity contribution in [2.24, 2.45) is 0 Å². The van der Waals surface area contributed by atoms with Gasteiger partial charge >= 0.3 is 5.97 Å². The fraction of sp³-hybridized carbons (Fsp3) is 0.353. The number of hydrogen-bond donors (Lipinski definition) is 1. The van der Waals surface area contributed by atoms with Crippen LogP contribution in [0.5, 0.6) is 0 Å². The molecule has 1 aromatic carbocycles. The van der Waals surface area contributed by atoms with Crippen LogP contribution in [-0.4, -0.2) is 46.9 Å². The Kier molecular flexibility index (Phi) is 5.43. The van der Waals surface area contributed by atoms with Gasteiger partial charge in [-0.05, 0) is 43.7 Å². The number of hydrogen-bond acceptors (Lipinski definition) is 5. The maximum Gasteiger partial charge on any atom is 0.323 e. The lowest BCUT2D eigenvalue weighted by Crippen LogP contribution is -2.58. The van der Waals surface area contributed by atoms with Gasteiger partial charge in [0.15, 0.2) is 0 Å². The number of nitrogens with zero attached hydrogens (tertiary/aromatic N) is 1. The zero-order valence-corrected chi connectivity index (χ0v) is 17.4. The second-order valence-electron chi connectivity index (χ2n) is 6.44. The van der Waals surface area contributed by atoms with Crippen LogP contribution < -0.4 is 0 Å². The van der Waals surface area contributed by atoms with E-state index in [1.54, 1.807) is 32.0 Å². The number of thioether (sulfide) groups is 1. The van der Waals surface area contributed by atoms with Crippen LogP contribution in [0.15, 0.2) is 41.3 Å². The Balaban J connectivity index is 1.95. The van der Waals surface area contributed by atoms with Gasteiger partial charge in [-0.25, -0.2) is 8.42 Å². The van der Waals surface area contributed by atoms with Crippen molar-refractivity contribution < 1.29 is 18.3 Å². The number of rotatable bonds is 4. The largest absolute Gasteiger partial charge is 0.480 e. The standard InChI is InChI=1S/C17H18ClNO4S3/c1-17(2)15(16(20)21)19(9-10-24-17)26(22,23)12-5-3-11(4-6-12)13-7-8-14(18)25-13/h3-8,15H,9-10H2,1-2H3,(H,20,21)/t15-/m0/s1. The van der Waals surface area contributed by atoms with Crippen molar-refractivity contribution in [2.75, 3.05) is 12.3 Å². The minimum atomic E-state index is -3.90. The Labute approximate surface area is 166 Å². The molecule has 1 aliphatic heterocycles. The van der Waals surface area contributed by atoms with Crippen molar-refractivity contribution in [3.63, 3.8) is 0 Å². The number of halogens is 1. The van der Waals surface area contributed by atoms with E-state index in [0.717, 1.165) is 14.7 Å². The minimum Gasteiger partial charge on any atom is -0.480 e. The quantitative estimate of drug-likeness (QED) is 0.790. The molecule has 1 N–H and O–H groups in total. The Hall–Kier alpha value is -1.06. The summed E-state index contributed by atoms with van der Waals surface area (Å²) < 4.78 is 27.2. The summed E-state index contributed by atoms with van der Waals surface area (Å²) >= 11 is 8.83. The first kappa shape index (κ1) is 19.7. The third-order valence-corrected chi connectivity index (χ3v) is 8.80. The van der Waals surface area contributed by atoms with E-state index in [1.807, 2.05) is 6.07 Å². The summed E-state index contributed by atoms with van der Waals surface area (Å²) in [6.07, 6.45) is 0. The number of carboxylic acid groups (broad SMARTS) is 1. The molecular formula is C17H18ClNO4S3. The summed E-state index contributed by atoms with van der Waals surface area (Å²) in [5.41, 5.74) is 0.866. The summed E-state index contributed by atoms with van der Waals surface area (Å²) in [6, 6.07) is 9.03. The van der Waals surface area contributed by atoms with Crippen LogP contribution >= 0.6 is 34.7 Å². The topological polar surface area (TPSA) is 74.7 Å². The zero-order valence-electron chi connectivity index (χ0n) is 14.2. The van der Waals surface area contributed by atoms with Crippen LogP contribution in [0.4, 0.5) is 0 Å². The molecule has 1 aromatic heterocycles. The maximum absolute atomic E-state index is 13.1. The molecule has 0 aliphatic carbocycles. The number of carboxylic acids is 1. The van der Waals surface area contributed by atoms with Crippen molar-refractivity contribution >= 4 is 50.7 Å². The predicted octanol–water partition coefficient (Wildman–Crippen LogP) is 4.04. The molecule has 0 saturated carbocycles. The number of benzene rings is 1. The first-order valence-corrected chi connectivity index (χ1v) is 11.5. The van der Waals surface area contributed by atoms with E-state index in [1.165, 1.54) is 35.2 Å². The second-order valence-corrected chi connectivity index (χ2v) is 11.8. The Morgan fingerprint density at radius 2 is 1.88 bits per heavy atom. The molecular weight excluding hydrogens is 414 g/mol. The molecule has 2 heterocycles. The molecule has 9 heteroatoms. The fourth-order valence-electron chi connectivity index (χ4n) is 3.03. The zero-order chi connectivity index (χ0) is 19.1. The highest BCUT2D eigenvalue weighted by atomic mass is 35.5. The summed E-state index contributed by atoms with van der Waals surface area (Å²) in [4.78, 5) is 12.8. The minimum absolute atomic E-state index is 0.0952. The molecule has 140 valence electrons. The molecule has 0 amide bonds. The van der Waals surface area contributed by atoms with Crippen molar-refractivity contribution in [1.82, 2.24) is 4.31 Å². The molecule has 2 aromatic rings. The van der Waals surface area contributed by atoms with Crippen molar-refractivity contribution in [3.8, 4) is 10.4 Å².